The molecule has 2 aromatic rings. The average Bonchev–Trinajstić information content (AvgIpc) is 2.48. The fourth-order valence-electron chi connectivity index (χ4n) is 1.70. The molecule has 21 heavy (non-hydrogen) atoms. The molecule has 1 heterocycles. The molecule has 0 aliphatic rings. The molecule has 0 bridgehead atoms. The van der Waals surface area contributed by atoms with Gasteiger partial charge in [-0.05, 0) is 53.3 Å². The first-order chi connectivity index (χ1) is 10.1. The molecule has 1 aromatic carbocycles. The Hall–Kier alpha value is -1.34. The van der Waals surface area contributed by atoms with Crippen molar-refractivity contribution in [2.24, 2.45) is 0 Å². The van der Waals surface area contributed by atoms with Crippen molar-refractivity contribution in [3.63, 3.8) is 0 Å². The van der Waals surface area contributed by atoms with E-state index in [0.717, 1.165) is 22.2 Å². The molecular weight excluding hydrogens is 401 g/mol. The second-order valence-corrected chi connectivity index (χ2v) is 5.96. The van der Waals surface area contributed by atoms with Crippen molar-refractivity contribution >= 4 is 51.6 Å². The van der Waals surface area contributed by atoms with Crippen LogP contribution in [0.15, 0.2) is 36.4 Å². The van der Waals surface area contributed by atoms with Crippen LogP contribution in [0.1, 0.15) is 23.8 Å². The van der Waals surface area contributed by atoms with Crippen LogP contribution in [0.3, 0.4) is 0 Å². The van der Waals surface area contributed by atoms with E-state index in [1.807, 2.05) is 24.3 Å². The third-order valence-corrected chi connectivity index (χ3v) is 3.98. The molecule has 0 fully saturated rings. The Morgan fingerprint density at radius 1 is 1.29 bits per heavy atom. The summed E-state index contributed by atoms with van der Waals surface area (Å²) in [6.45, 7) is 2.86. The SMILES string of the molecule is CCCNc1ccc(Cl)c(C(=O)Nc2ccccc2I)n1. The van der Waals surface area contributed by atoms with Gasteiger partial charge in [-0.25, -0.2) is 4.98 Å². The Morgan fingerprint density at radius 3 is 2.76 bits per heavy atom. The lowest BCUT2D eigenvalue weighted by Crippen LogP contribution is -2.16. The lowest BCUT2D eigenvalue weighted by atomic mass is 10.3. The summed E-state index contributed by atoms with van der Waals surface area (Å²) in [7, 11) is 0. The number of halogens is 2. The van der Waals surface area contributed by atoms with Gasteiger partial charge < -0.3 is 10.6 Å². The standard InChI is InChI=1S/C15H15ClIN3O/c1-2-9-18-13-8-7-10(16)14(20-13)15(21)19-12-6-4-3-5-11(12)17/h3-8H,2,9H2,1H3,(H,18,20)(H,19,21). The van der Waals surface area contributed by atoms with Crippen molar-refractivity contribution in [3.05, 3.63) is 50.7 Å². The Kier molecular flexibility index (Phi) is 5.81. The van der Waals surface area contributed by atoms with Gasteiger partial charge in [0, 0.05) is 10.1 Å². The van der Waals surface area contributed by atoms with Gasteiger partial charge in [-0.2, -0.15) is 0 Å². The quantitative estimate of drug-likeness (QED) is 0.711. The second kappa shape index (κ2) is 7.61. The summed E-state index contributed by atoms with van der Waals surface area (Å²) in [6, 6.07) is 11.0. The van der Waals surface area contributed by atoms with Crippen LogP contribution in [0, 0.1) is 3.57 Å². The number of nitrogens with one attached hydrogen (secondary N) is 2. The van der Waals surface area contributed by atoms with Crippen LogP contribution in [0.5, 0.6) is 0 Å². The number of benzene rings is 1. The molecule has 0 aliphatic carbocycles. The molecule has 1 amide bonds. The molecule has 0 unspecified atom stereocenters. The van der Waals surface area contributed by atoms with E-state index < -0.39 is 0 Å². The van der Waals surface area contributed by atoms with E-state index in [2.05, 4.69) is 45.1 Å². The maximum absolute atomic E-state index is 12.3. The molecule has 2 N–H and O–H groups in total. The highest BCUT2D eigenvalue weighted by atomic mass is 127. The minimum absolute atomic E-state index is 0.220. The molecule has 0 saturated heterocycles. The molecule has 110 valence electrons. The molecule has 6 heteroatoms. The van der Waals surface area contributed by atoms with Crippen LogP contribution in [0.2, 0.25) is 5.02 Å². The minimum atomic E-state index is -0.315. The third kappa shape index (κ3) is 4.31. The van der Waals surface area contributed by atoms with Gasteiger partial charge in [-0.15, -0.1) is 0 Å². The first kappa shape index (κ1) is 16.0. The molecule has 0 saturated carbocycles. The van der Waals surface area contributed by atoms with Gasteiger partial charge >= 0.3 is 0 Å². The normalized spacial score (nSPS) is 10.2. The van der Waals surface area contributed by atoms with E-state index in [9.17, 15) is 4.79 Å². The van der Waals surface area contributed by atoms with Gasteiger partial charge in [0.15, 0.2) is 0 Å². The summed E-state index contributed by atoms with van der Waals surface area (Å²) in [5.74, 6) is 0.332. The zero-order valence-electron chi connectivity index (χ0n) is 11.5. The van der Waals surface area contributed by atoms with E-state index >= 15 is 0 Å². The molecular formula is C15H15ClIN3O. The number of para-hydroxylation sites is 1. The fraction of sp³-hybridized carbons (Fsp3) is 0.200. The zero-order valence-corrected chi connectivity index (χ0v) is 14.4. The number of anilines is 2. The van der Waals surface area contributed by atoms with Gasteiger partial charge in [0.1, 0.15) is 11.5 Å². The number of aromatic nitrogens is 1. The summed E-state index contributed by atoms with van der Waals surface area (Å²) >= 11 is 8.24. The Labute approximate surface area is 142 Å². The van der Waals surface area contributed by atoms with Crippen LogP contribution in [-0.4, -0.2) is 17.4 Å². The summed E-state index contributed by atoms with van der Waals surface area (Å²) in [6.07, 6.45) is 0.980. The Morgan fingerprint density at radius 2 is 2.05 bits per heavy atom. The number of nitrogens with zero attached hydrogens (tertiary/aromatic N) is 1. The molecule has 1 aromatic heterocycles. The van der Waals surface area contributed by atoms with Crippen LogP contribution in [0.4, 0.5) is 11.5 Å². The maximum atomic E-state index is 12.3. The van der Waals surface area contributed by atoms with Crippen molar-refractivity contribution < 1.29 is 4.79 Å². The highest BCUT2D eigenvalue weighted by Crippen LogP contribution is 2.21. The number of carbonyl (C=O) groups is 1. The minimum Gasteiger partial charge on any atom is -0.370 e. The predicted octanol–water partition coefficient (Wildman–Crippen LogP) is 4.41. The number of rotatable bonds is 5. The van der Waals surface area contributed by atoms with Crippen LogP contribution >= 0.6 is 34.2 Å². The van der Waals surface area contributed by atoms with Crippen LogP contribution in [0.25, 0.3) is 0 Å². The van der Waals surface area contributed by atoms with Gasteiger partial charge in [-0.3, -0.25) is 4.79 Å². The van der Waals surface area contributed by atoms with E-state index in [1.165, 1.54) is 0 Å². The van der Waals surface area contributed by atoms with Crippen molar-refractivity contribution in [3.8, 4) is 0 Å². The number of amides is 1. The summed E-state index contributed by atoms with van der Waals surface area (Å²) < 4.78 is 0.958. The topological polar surface area (TPSA) is 54.0 Å². The van der Waals surface area contributed by atoms with E-state index in [-0.39, 0.29) is 11.6 Å². The van der Waals surface area contributed by atoms with Gasteiger partial charge in [0.05, 0.1) is 10.7 Å². The Balaban J connectivity index is 2.20. The number of hydrogen-bond donors (Lipinski definition) is 2. The van der Waals surface area contributed by atoms with E-state index in [0.29, 0.717) is 10.8 Å². The lowest BCUT2D eigenvalue weighted by Gasteiger charge is -2.10. The predicted molar refractivity (Wildman–Crippen MR) is 95.1 cm³/mol. The van der Waals surface area contributed by atoms with Gasteiger partial charge in [0.2, 0.25) is 0 Å². The van der Waals surface area contributed by atoms with Crippen molar-refractivity contribution in [2.45, 2.75) is 13.3 Å². The largest absolute Gasteiger partial charge is 0.370 e. The maximum Gasteiger partial charge on any atom is 0.275 e. The van der Waals surface area contributed by atoms with Crippen LogP contribution in [-0.2, 0) is 0 Å². The van der Waals surface area contributed by atoms with Crippen molar-refractivity contribution in [1.82, 2.24) is 4.98 Å². The highest BCUT2D eigenvalue weighted by molar-refractivity contribution is 14.1. The highest BCUT2D eigenvalue weighted by Gasteiger charge is 2.14. The van der Waals surface area contributed by atoms with Gasteiger partial charge in [0.25, 0.3) is 5.91 Å². The molecule has 0 aliphatic heterocycles. The smallest absolute Gasteiger partial charge is 0.275 e. The molecule has 0 spiro atoms. The monoisotopic (exact) mass is 415 g/mol. The number of hydrogen-bond acceptors (Lipinski definition) is 3. The van der Waals surface area contributed by atoms with Gasteiger partial charge in [-0.1, -0.05) is 30.7 Å². The summed E-state index contributed by atoms with van der Waals surface area (Å²) in [5.41, 5.74) is 0.963. The molecule has 2 rings (SSSR count). The van der Waals surface area contributed by atoms with Crippen molar-refractivity contribution in [2.75, 3.05) is 17.2 Å². The van der Waals surface area contributed by atoms with Crippen LogP contribution < -0.4 is 10.6 Å². The summed E-state index contributed by atoms with van der Waals surface area (Å²) in [4.78, 5) is 16.6. The fourth-order valence-corrected chi connectivity index (χ4v) is 2.41. The van der Waals surface area contributed by atoms with E-state index in [1.54, 1.807) is 12.1 Å². The lowest BCUT2D eigenvalue weighted by molar-refractivity contribution is 0.102. The second-order valence-electron chi connectivity index (χ2n) is 4.39. The van der Waals surface area contributed by atoms with E-state index in [4.69, 9.17) is 11.6 Å². The number of pyridine rings is 1. The zero-order chi connectivity index (χ0) is 15.2. The molecule has 0 atom stereocenters. The first-order valence-corrected chi connectivity index (χ1v) is 8.03. The summed E-state index contributed by atoms with van der Waals surface area (Å²) in [5, 5.41) is 6.30. The Bertz CT molecular complexity index is 649. The molecule has 4 nitrogen and oxygen atoms in total. The third-order valence-electron chi connectivity index (χ3n) is 2.74. The average molecular weight is 416 g/mol. The first-order valence-electron chi connectivity index (χ1n) is 6.58. The molecule has 0 radical (unpaired) electrons. The number of carbonyl (C=O) groups excluding carboxylic acids is 1. The van der Waals surface area contributed by atoms with Crippen molar-refractivity contribution in [1.29, 1.82) is 0 Å².